The molecule has 0 radical (unpaired) electrons. The summed E-state index contributed by atoms with van der Waals surface area (Å²) in [6.45, 7) is 6.17. The maximum atomic E-state index is 12.4. The summed E-state index contributed by atoms with van der Waals surface area (Å²) < 4.78 is 0. The minimum absolute atomic E-state index is 0.351. The van der Waals surface area contributed by atoms with Crippen LogP contribution in [0.25, 0.3) is 16.5 Å². The lowest BCUT2D eigenvalue weighted by Crippen LogP contribution is -2.22. The Morgan fingerprint density at radius 2 is 1.86 bits per heavy atom. The van der Waals surface area contributed by atoms with E-state index in [-0.39, 0.29) is 11.6 Å². The van der Waals surface area contributed by atoms with E-state index in [1.54, 1.807) is 6.92 Å². The Bertz CT molecular complexity index is 795. The molecule has 3 rings (SSSR count). The number of fused-ring (bicyclic) bond motifs is 3. The first-order chi connectivity index (χ1) is 10.5. The van der Waals surface area contributed by atoms with Crippen molar-refractivity contribution in [2.75, 3.05) is 0 Å². The summed E-state index contributed by atoms with van der Waals surface area (Å²) in [5.41, 5.74) is 3.95. The van der Waals surface area contributed by atoms with Crippen LogP contribution in [0.4, 0.5) is 0 Å². The highest BCUT2D eigenvalue weighted by Gasteiger charge is 2.33. The Kier molecular flexibility index (Phi) is 3.73. The van der Waals surface area contributed by atoms with Crippen LogP contribution in [0, 0.1) is 5.92 Å². The van der Waals surface area contributed by atoms with Crippen molar-refractivity contribution in [1.29, 1.82) is 0 Å². The molecule has 0 aliphatic heterocycles. The van der Waals surface area contributed by atoms with E-state index in [1.165, 1.54) is 0 Å². The number of carbonyl (C=O) groups is 2. The molecular weight excluding hydrogens is 274 g/mol. The van der Waals surface area contributed by atoms with E-state index in [0.717, 1.165) is 41.4 Å². The summed E-state index contributed by atoms with van der Waals surface area (Å²) in [6, 6.07) is 7.69. The number of benzene rings is 1. The molecule has 1 N–H and O–H groups in total. The van der Waals surface area contributed by atoms with Crippen LogP contribution in [0.3, 0.4) is 0 Å². The number of hydrogen-bond donors (Lipinski definition) is 1. The van der Waals surface area contributed by atoms with Gasteiger partial charge >= 0.3 is 0 Å². The van der Waals surface area contributed by atoms with Crippen LogP contribution in [-0.4, -0.2) is 16.6 Å². The Morgan fingerprint density at radius 1 is 1.14 bits per heavy atom. The van der Waals surface area contributed by atoms with Gasteiger partial charge in [-0.05, 0) is 37.3 Å². The number of allylic oxidation sites excluding steroid dienone is 2. The summed E-state index contributed by atoms with van der Waals surface area (Å²) in [6.07, 6.45) is 2.98. The third kappa shape index (κ3) is 2.21. The van der Waals surface area contributed by atoms with Gasteiger partial charge in [0.1, 0.15) is 0 Å². The van der Waals surface area contributed by atoms with Crippen LogP contribution in [0.1, 0.15) is 56.1 Å². The fourth-order valence-corrected chi connectivity index (χ4v) is 3.12. The predicted octanol–water partition coefficient (Wildman–Crippen LogP) is 4.53. The zero-order chi connectivity index (χ0) is 15.9. The highest BCUT2D eigenvalue weighted by Crippen LogP contribution is 2.37. The van der Waals surface area contributed by atoms with Crippen LogP contribution in [0.5, 0.6) is 0 Å². The van der Waals surface area contributed by atoms with E-state index in [2.05, 4.69) is 18.8 Å². The van der Waals surface area contributed by atoms with Crippen molar-refractivity contribution in [3.05, 3.63) is 41.1 Å². The van der Waals surface area contributed by atoms with Gasteiger partial charge in [0.2, 0.25) is 11.6 Å². The summed E-state index contributed by atoms with van der Waals surface area (Å²) in [7, 11) is 0. The molecule has 0 spiro atoms. The van der Waals surface area contributed by atoms with E-state index in [1.807, 2.05) is 24.3 Å². The van der Waals surface area contributed by atoms with Crippen molar-refractivity contribution < 1.29 is 9.59 Å². The first-order valence-corrected chi connectivity index (χ1v) is 7.94. The minimum Gasteiger partial charge on any atom is -0.354 e. The van der Waals surface area contributed by atoms with Gasteiger partial charge in [0.15, 0.2) is 0 Å². The monoisotopic (exact) mass is 295 g/mol. The first-order valence-electron chi connectivity index (χ1n) is 7.94. The first kappa shape index (κ1) is 14.8. The van der Waals surface area contributed by atoms with Crippen molar-refractivity contribution in [3.63, 3.8) is 0 Å². The molecule has 22 heavy (non-hydrogen) atoms. The summed E-state index contributed by atoms with van der Waals surface area (Å²) in [5, 5.41) is 0.851. The Labute approximate surface area is 130 Å². The largest absolute Gasteiger partial charge is 0.354 e. The fourth-order valence-electron chi connectivity index (χ4n) is 3.12. The fraction of sp³-hybridized carbons (Fsp3) is 0.368. The second kappa shape index (κ2) is 5.56. The number of rotatable bonds is 4. The normalized spacial score (nSPS) is 16.3. The number of ketones is 2. The molecule has 1 unspecified atom stereocenters. The van der Waals surface area contributed by atoms with Gasteiger partial charge in [-0.2, -0.15) is 0 Å². The number of hydrogen-bond acceptors (Lipinski definition) is 2. The topological polar surface area (TPSA) is 49.9 Å². The van der Waals surface area contributed by atoms with Gasteiger partial charge in [-0.25, -0.2) is 0 Å². The lowest BCUT2D eigenvalue weighted by Gasteiger charge is -2.18. The number of H-pyrrole nitrogens is 1. The van der Waals surface area contributed by atoms with Crippen molar-refractivity contribution in [2.24, 2.45) is 5.92 Å². The van der Waals surface area contributed by atoms with Gasteiger partial charge in [0.05, 0.1) is 11.3 Å². The smallest absolute Gasteiger partial charge is 0.235 e. The Hall–Kier alpha value is -2.16. The molecule has 1 aromatic carbocycles. The average molecular weight is 295 g/mol. The number of para-hydroxylation sites is 1. The van der Waals surface area contributed by atoms with E-state index in [0.29, 0.717) is 17.1 Å². The SMILES string of the molecule is CCC(C)CCC1=C(C)C(=O)C(=O)c2c1[nH]c1ccccc21. The predicted molar refractivity (Wildman–Crippen MR) is 88.9 cm³/mol. The third-order valence-corrected chi connectivity index (χ3v) is 4.82. The molecule has 0 fully saturated rings. The molecule has 0 saturated carbocycles. The van der Waals surface area contributed by atoms with E-state index < -0.39 is 0 Å². The summed E-state index contributed by atoms with van der Waals surface area (Å²) in [5.74, 6) is -0.116. The van der Waals surface area contributed by atoms with Crippen LogP contribution in [0.15, 0.2) is 29.8 Å². The van der Waals surface area contributed by atoms with Crippen molar-refractivity contribution >= 4 is 28.0 Å². The lowest BCUT2D eigenvalue weighted by molar-refractivity contribution is -0.111. The molecule has 1 aliphatic rings. The van der Waals surface area contributed by atoms with E-state index >= 15 is 0 Å². The summed E-state index contributed by atoms with van der Waals surface area (Å²) >= 11 is 0. The second-order valence-corrected chi connectivity index (χ2v) is 6.23. The molecule has 2 aromatic rings. The lowest BCUT2D eigenvalue weighted by atomic mass is 9.84. The van der Waals surface area contributed by atoms with Crippen LogP contribution >= 0.6 is 0 Å². The average Bonchev–Trinajstić information content (AvgIpc) is 2.91. The van der Waals surface area contributed by atoms with Gasteiger partial charge in [-0.15, -0.1) is 0 Å². The Balaban J connectivity index is 2.14. The zero-order valence-electron chi connectivity index (χ0n) is 13.3. The molecule has 1 aliphatic carbocycles. The molecule has 1 heterocycles. The number of aromatic nitrogens is 1. The van der Waals surface area contributed by atoms with Gasteiger partial charge in [-0.1, -0.05) is 38.5 Å². The maximum absolute atomic E-state index is 12.4. The van der Waals surface area contributed by atoms with Crippen molar-refractivity contribution in [1.82, 2.24) is 4.98 Å². The number of carbonyl (C=O) groups excluding carboxylic acids is 2. The molecule has 3 heteroatoms. The highest BCUT2D eigenvalue weighted by atomic mass is 16.2. The molecule has 0 amide bonds. The van der Waals surface area contributed by atoms with Gasteiger partial charge in [0, 0.05) is 16.5 Å². The molecule has 1 atom stereocenters. The molecule has 0 bridgehead atoms. The number of Topliss-reactive ketones (excluding diaryl/α,β-unsaturated/α-hetero) is 2. The van der Waals surface area contributed by atoms with E-state index in [9.17, 15) is 9.59 Å². The molecule has 3 nitrogen and oxygen atoms in total. The van der Waals surface area contributed by atoms with Crippen molar-refractivity contribution in [3.8, 4) is 0 Å². The Morgan fingerprint density at radius 3 is 2.59 bits per heavy atom. The quantitative estimate of drug-likeness (QED) is 0.842. The van der Waals surface area contributed by atoms with Crippen LogP contribution in [-0.2, 0) is 4.79 Å². The second-order valence-electron chi connectivity index (χ2n) is 6.23. The zero-order valence-corrected chi connectivity index (χ0v) is 13.3. The minimum atomic E-state index is -0.378. The molecular formula is C19H21NO2. The maximum Gasteiger partial charge on any atom is 0.235 e. The van der Waals surface area contributed by atoms with Gasteiger partial charge < -0.3 is 4.98 Å². The highest BCUT2D eigenvalue weighted by molar-refractivity contribution is 6.54. The van der Waals surface area contributed by atoms with Crippen LogP contribution in [0.2, 0.25) is 0 Å². The number of nitrogens with one attached hydrogen (secondary N) is 1. The number of aromatic amines is 1. The summed E-state index contributed by atoms with van der Waals surface area (Å²) in [4.78, 5) is 28.1. The van der Waals surface area contributed by atoms with Crippen molar-refractivity contribution in [2.45, 2.75) is 40.0 Å². The van der Waals surface area contributed by atoms with E-state index in [4.69, 9.17) is 0 Å². The standard InChI is InChI=1S/C19H21NO2/c1-4-11(2)9-10-13-12(3)18(21)19(22)16-14-7-5-6-8-15(14)20-17(13)16/h5-8,11,20H,4,9-10H2,1-3H3. The van der Waals surface area contributed by atoms with Crippen LogP contribution < -0.4 is 0 Å². The molecule has 1 aromatic heterocycles. The van der Waals surface area contributed by atoms with Gasteiger partial charge in [-0.3, -0.25) is 9.59 Å². The molecule has 0 saturated heterocycles. The van der Waals surface area contributed by atoms with Gasteiger partial charge in [0.25, 0.3) is 0 Å². The third-order valence-electron chi connectivity index (χ3n) is 4.82. The molecule has 114 valence electrons.